The summed E-state index contributed by atoms with van der Waals surface area (Å²) in [5, 5.41) is 0. The Bertz CT molecular complexity index is 503. The molecule has 0 atom stereocenters. The molecule has 1 aromatic heterocycles. The van der Waals surface area contributed by atoms with E-state index in [9.17, 15) is 9.59 Å². The number of hydrogen-bond acceptors (Lipinski definition) is 3. The van der Waals surface area contributed by atoms with E-state index < -0.39 is 5.41 Å². The second kappa shape index (κ2) is 5.78. The van der Waals surface area contributed by atoms with Gasteiger partial charge in [-0.05, 0) is 33.8 Å². The Morgan fingerprint density at radius 1 is 1.37 bits per heavy atom. The number of carbonyl (C=O) groups is 2. The number of rotatable bonds is 5. The van der Waals surface area contributed by atoms with Crippen molar-refractivity contribution in [2.75, 3.05) is 13.0 Å². The minimum atomic E-state index is -0.648. The molecule has 19 heavy (non-hydrogen) atoms. The zero-order chi connectivity index (χ0) is 14.8. The fraction of sp³-hybridized carbons (Fsp3) is 0.571. The minimum absolute atomic E-state index is 0.0370. The Morgan fingerprint density at radius 3 is 2.42 bits per heavy atom. The second-order valence-corrected chi connectivity index (χ2v) is 5.57. The molecule has 0 saturated heterocycles. The lowest BCUT2D eigenvalue weighted by Crippen LogP contribution is -2.31. The molecule has 0 bridgehead atoms. The zero-order valence-electron chi connectivity index (χ0n) is 12.0. The number of methoxy groups -OCH3 is 1. The quantitative estimate of drug-likeness (QED) is 0.475. The van der Waals surface area contributed by atoms with Gasteiger partial charge in [0.15, 0.2) is 5.78 Å². The van der Waals surface area contributed by atoms with Gasteiger partial charge in [-0.1, -0.05) is 0 Å². The van der Waals surface area contributed by atoms with Crippen molar-refractivity contribution in [3.8, 4) is 0 Å². The fourth-order valence-corrected chi connectivity index (χ4v) is 2.28. The zero-order valence-corrected chi connectivity index (χ0v) is 12.8. The smallest absolute Gasteiger partial charge is 0.313 e. The molecule has 4 nitrogen and oxygen atoms in total. The molecule has 0 N–H and O–H groups in total. The molecule has 0 saturated carbocycles. The summed E-state index contributed by atoms with van der Waals surface area (Å²) in [5.74, 6) is -0.410. The van der Waals surface area contributed by atoms with E-state index >= 15 is 0 Å². The molecule has 0 unspecified atom stereocenters. The van der Waals surface area contributed by atoms with Crippen LogP contribution in [0.1, 0.15) is 35.6 Å². The van der Waals surface area contributed by atoms with Crippen LogP contribution in [0.4, 0.5) is 0 Å². The summed E-state index contributed by atoms with van der Waals surface area (Å²) in [6, 6.07) is 1.81. The van der Waals surface area contributed by atoms with Crippen molar-refractivity contribution in [1.29, 1.82) is 0 Å². The third-order valence-corrected chi connectivity index (χ3v) is 3.53. The van der Waals surface area contributed by atoms with Gasteiger partial charge in [0.1, 0.15) is 0 Å². The van der Waals surface area contributed by atoms with Crippen molar-refractivity contribution in [3.63, 3.8) is 0 Å². The van der Waals surface area contributed by atoms with Crippen molar-refractivity contribution in [3.05, 3.63) is 23.0 Å². The maximum atomic E-state index is 11.7. The molecule has 0 fully saturated rings. The van der Waals surface area contributed by atoms with Gasteiger partial charge < -0.3 is 9.30 Å². The van der Waals surface area contributed by atoms with Crippen molar-refractivity contribution in [1.82, 2.24) is 4.57 Å². The van der Waals surface area contributed by atoms with Gasteiger partial charge in [0.05, 0.1) is 18.4 Å². The van der Waals surface area contributed by atoms with Gasteiger partial charge in [-0.15, -0.1) is 11.6 Å². The van der Waals surface area contributed by atoms with Crippen LogP contribution in [-0.4, -0.2) is 29.3 Å². The molecule has 1 rings (SSSR count). The lowest BCUT2D eigenvalue weighted by Gasteiger charge is -2.24. The van der Waals surface area contributed by atoms with Gasteiger partial charge in [-0.25, -0.2) is 0 Å². The predicted molar refractivity (Wildman–Crippen MR) is 74.8 cm³/mol. The molecule has 1 aromatic rings. The Labute approximate surface area is 118 Å². The summed E-state index contributed by atoms with van der Waals surface area (Å²) in [5.41, 5.74) is 1.74. The van der Waals surface area contributed by atoms with E-state index in [0.717, 1.165) is 11.4 Å². The number of Topliss-reactive ketones (excluding diaryl/α,β-unsaturated/α-hetero) is 1. The number of aryl methyl sites for hydroxylation is 1. The fourth-order valence-electron chi connectivity index (χ4n) is 2.13. The first-order valence-corrected chi connectivity index (χ1v) is 6.62. The van der Waals surface area contributed by atoms with Crippen LogP contribution in [0.3, 0.4) is 0 Å². The molecular weight excluding hydrogens is 266 g/mol. The highest BCUT2D eigenvalue weighted by atomic mass is 35.5. The van der Waals surface area contributed by atoms with Crippen molar-refractivity contribution < 1.29 is 14.3 Å². The molecule has 0 radical (unpaired) electrons. The largest absolute Gasteiger partial charge is 0.469 e. The van der Waals surface area contributed by atoms with E-state index in [-0.39, 0.29) is 17.6 Å². The number of ether oxygens (including phenoxy) is 1. The lowest BCUT2D eigenvalue weighted by molar-refractivity contribution is -0.151. The van der Waals surface area contributed by atoms with Crippen molar-refractivity contribution in [2.45, 2.75) is 34.2 Å². The van der Waals surface area contributed by atoms with Gasteiger partial charge in [0.2, 0.25) is 0 Å². The van der Waals surface area contributed by atoms with Gasteiger partial charge in [-0.2, -0.15) is 0 Å². The van der Waals surface area contributed by atoms with E-state index in [1.54, 1.807) is 0 Å². The number of carbonyl (C=O) groups excluding carboxylic acids is 2. The standard InChI is InChI=1S/C14H20ClNO3/c1-9-6-11(12(17)7-15)10(2)16(9)8-14(3,4)13(18)19-5/h6H,7-8H2,1-5H3. The molecule has 0 aromatic carbocycles. The lowest BCUT2D eigenvalue weighted by atomic mass is 9.93. The highest BCUT2D eigenvalue weighted by Gasteiger charge is 2.30. The monoisotopic (exact) mass is 285 g/mol. The van der Waals surface area contributed by atoms with E-state index in [0.29, 0.717) is 12.1 Å². The van der Waals surface area contributed by atoms with E-state index in [1.807, 2.05) is 38.3 Å². The van der Waals surface area contributed by atoms with Crippen LogP contribution in [0.5, 0.6) is 0 Å². The van der Waals surface area contributed by atoms with E-state index in [1.165, 1.54) is 7.11 Å². The molecule has 106 valence electrons. The summed E-state index contributed by atoms with van der Waals surface area (Å²) < 4.78 is 6.76. The molecular formula is C14H20ClNO3. The number of alkyl halides is 1. The number of aromatic nitrogens is 1. The van der Waals surface area contributed by atoms with Crippen LogP contribution >= 0.6 is 11.6 Å². The van der Waals surface area contributed by atoms with E-state index in [4.69, 9.17) is 16.3 Å². The predicted octanol–water partition coefficient (Wildman–Crippen LogP) is 2.73. The Balaban J connectivity index is 3.13. The first kappa shape index (κ1) is 15.8. The number of hydrogen-bond donors (Lipinski definition) is 0. The molecule has 0 aliphatic rings. The first-order chi connectivity index (χ1) is 8.74. The van der Waals surface area contributed by atoms with Gasteiger partial charge in [0, 0.05) is 23.5 Å². The Morgan fingerprint density at radius 2 is 1.95 bits per heavy atom. The molecule has 5 heteroatoms. The normalized spacial score (nSPS) is 11.5. The van der Waals surface area contributed by atoms with Crippen LogP contribution in [0.25, 0.3) is 0 Å². The average molecular weight is 286 g/mol. The van der Waals surface area contributed by atoms with Crippen molar-refractivity contribution >= 4 is 23.4 Å². The van der Waals surface area contributed by atoms with Crippen LogP contribution in [0.15, 0.2) is 6.07 Å². The maximum Gasteiger partial charge on any atom is 0.313 e. The second-order valence-electron chi connectivity index (χ2n) is 5.30. The van der Waals surface area contributed by atoms with E-state index in [2.05, 4.69) is 0 Å². The molecule has 0 spiro atoms. The van der Waals surface area contributed by atoms with Gasteiger partial charge in [0.25, 0.3) is 0 Å². The SMILES string of the molecule is COC(=O)C(C)(C)Cn1c(C)cc(C(=O)CCl)c1C. The highest BCUT2D eigenvalue weighted by Crippen LogP contribution is 2.25. The third-order valence-electron chi connectivity index (χ3n) is 3.29. The Hall–Kier alpha value is -1.29. The first-order valence-electron chi connectivity index (χ1n) is 6.09. The number of nitrogens with zero attached hydrogens (tertiary/aromatic N) is 1. The summed E-state index contributed by atoms with van der Waals surface area (Å²) in [7, 11) is 1.38. The molecule has 0 amide bonds. The van der Waals surface area contributed by atoms with Crippen LogP contribution in [0, 0.1) is 19.3 Å². The minimum Gasteiger partial charge on any atom is -0.469 e. The topological polar surface area (TPSA) is 48.3 Å². The van der Waals surface area contributed by atoms with Crippen molar-refractivity contribution in [2.24, 2.45) is 5.41 Å². The van der Waals surface area contributed by atoms with Gasteiger partial charge >= 0.3 is 5.97 Å². The molecule has 0 aliphatic heterocycles. The highest BCUT2D eigenvalue weighted by molar-refractivity contribution is 6.30. The Kier molecular flexibility index (Phi) is 4.80. The number of ketones is 1. The van der Waals surface area contributed by atoms with Gasteiger partial charge in [-0.3, -0.25) is 9.59 Å². The summed E-state index contributed by atoms with van der Waals surface area (Å²) in [6.07, 6.45) is 0. The summed E-state index contributed by atoms with van der Waals surface area (Å²) in [4.78, 5) is 23.5. The number of esters is 1. The van der Waals surface area contributed by atoms with Crippen LogP contribution in [-0.2, 0) is 16.1 Å². The average Bonchev–Trinajstić information content (AvgIpc) is 2.64. The number of halogens is 1. The van der Waals surface area contributed by atoms with Crippen LogP contribution < -0.4 is 0 Å². The van der Waals surface area contributed by atoms with Crippen LogP contribution in [0.2, 0.25) is 0 Å². The molecule has 1 heterocycles. The third kappa shape index (κ3) is 3.18. The maximum absolute atomic E-state index is 11.7. The summed E-state index contributed by atoms with van der Waals surface area (Å²) >= 11 is 5.59. The molecule has 0 aliphatic carbocycles. The summed E-state index contributed by atoms with van der Waals surface area (Å²) in [6.45, 7) is 7.87.